The van der Waals surface area contributed by atoms with Gasteiger partial charge in [0.2, 0.25) is 15.9 Å². The Labute approximate surface area is 136 Å². The Morgan fingerprint density at radius 1 is 1.30 bits per heavy atom. The highest BCUT2D eigenvalue weighted by atomic mass is 32.2. The first kappa shape index (κ1) is 16.4. The van der Waals surface area contributed by atoms with Crippen LogP contribution in [0.15, 0.2) is 18.3 Å². The molecule has 0 aliphatic carbocycles. The minimum Gasteiger partial charge on any atom is -0.379 e. The van der Waals surface area contributed by atoms with Gasteiger partial charge in [-0.2, -0.15) is 4.31 Å². The molecule has 2 aliphatic heterocycles. The van der Waals surface area contributed by atoms with Crippen LogP contribution < -0.4 is 0 Å². The Morgan fingerprint density at radius 3 is 2.61 bits per heavy atom. The molecule has 8 heteroatoms. The third-order valence-corrected chi connectivity index (χ3v) is 6.51. The molecule has 2 aliphatic rings. The number of pyridine rings is 1. The van der Waals surface area contributed by atoms with Crippen molar-refractivity contribution in [1.29, 1.82) is 0 Å². The summed E-state index contributed by atoms with van der Waals surface area (Å²) in [5.41, 5.74) is 1.75. The van der Waals surface area contributed by atoms with Gasteiger partial charge < -0.3 is 9.64 Å². The maximum atomic E-state index is 12.5. The smallest absolute Gasteiger partial charge is 0.227 e. The largest absolute Gasteiger partial charge is 0.379 e. The van der Waals surface area contributed by atoms with Gasteiger partial charge in [0.05, 0.1) is 19.6 Å². The summed E-state index contributed by atoms with van der Waals surface area (Å²) in [7, 11) is -3.32. The van der Waals surface area contributed by atoms with Crippen molar-refractivity contribution in [2.75, 3.05) is 39.4 Å². The van der Waals surface area contributed by atoms with Crippen molar-refractivity contribution in [2.45, 2.75) is 18.6 Å². The Balaban J connectivity index is 1.53. The fraction of sp³-hybridized carbons (Fsp3) is 0.600. The van der Waals surface area contributed by atoms with E-state index in [1.807, 2.05) is 19.1 Å². The van der Waals surface area contributed by atoms with E-state index >= 15 is 0 Å². The first-order valence-corrected chi connectivity index (χ1v) is 9.23. The van der Waals surface area contributed by atoms with Crippen LogP contribution in [0.4, 0.5) is 0 Å². The SMILES string of the molecule is Cc1ccc(CC(=O)N2CC(S(=O)(=O)N3CCOCC3)C2)cn1. The molecule has 0 atom stereocenters. The average molecular weight is 339 g/mol. The van der Waals surface area contributed by atoms with Gasteiger partial charge in [0.1, 0.15) is 5.25 Å². The van der Waals surface area contributed by atoms with Crippen molar-refractivity contribution in [3.8, 4) is 0 Å². The van der Waals surface area contributed by atoms with Crippen LogP contribution in [-0.2, 0) is 26.0 Å². The van der Waals surface area contributed by atoms with E-state index in [4.69, 9.17) is 4.74 Å². The van der Waals surface area contributed by atoms with Gasteiger partial charge in [0, 0.05) is 38.1 Å². The zero-order valence-electron chi connectivity index (χ0n) is 13.1. The van der Waals surface area contributed by atoms with E-state index in [-0.39, 0.29) is 25.4 Å². The summed E-state index contributed by atoms with van der Waals surface area (Å²) in [5, 5.41) is -0.485. The number of rotatable bonds is 4. The van der Waals surface area contributed by atoms with Crippen LogP contribution in [0.2, 0.25) is 0 Å². The fourth-order valence-electron chi connectivity index (χ4n) is 2.73. The third kappa shape index (κ3) is 3.54. The first-order valence-electron chi connectivity index (χ1n) is 7.73. The number of aromatic nitrogens is 1. The number of sulfonamides is 1. The molecular formula is C15H21N3O4S. The normalized spacial score (nSPS) is 20.3. The molecule has 0 saturated carbocycles. The topological polar surface area (TPSA) is 79.8 Å². The second kappa shape index (κ2) is 6.54. The highest BCUT2D eigenvalue weighted by Gasteiger charge is 2.42. The fourth-order valence-corrected chi connectivity index (χ4v) is 4.55. The van der Waals surface area contributed by atoms with Gasteiger partial charge in [-0.15, -0.1) is 0 Å². The van der Waals surface area contributed by atoms with Crippen LogP contribution in [0.25, 0.3) is 0 Å². The summed E-state index contributed by atoms with van der Waals surface area (Å²) in [6.07, 6.45) is 1.95. The Morgan fingerprint density at radius 2 is 2.00 bits per heavy atom. The molecule has 0 radical (unpaired) electrons. The highest BCUT2D eigenvalue weighted by molar-refractivity contribution is 7.89. The van der Waals surface area contributed by atoms with Gasteiger partial charge >= 0.3 is 0 Å². The monoisotopic (exact) mass is 339 g/mol. The molecule has 7 nitrogen and oxygen atoms in total. The van der Waals surface area contributed by atoms with Crippen molar-refractivity contribution >= 4 is 15.9 Å². The summed E-state index contributed by atoms with van der Waals surface area (Å²) < 4.78 is 31.6. The van der Waals surface area contributed by atoms with Crippen LogP contribution in [0.5, 0.6) is 0 Å². The van der Waals surface area contributed by atoms with E-state index in [2.05, 4.69) is 4.98 Å². The number of nitrogens with zero attached hydrogens (tertiary/aromatic N) is 3. The molecule has 1 amide bonds. The molecule has 2 fully saturated rings. The lowest BCUT2D eigenvalue weighted by atomic mass is 10.1. The number of hydrogen-bond donors (Lipinski definition) is 0. The summed E-state index contributed by atoms with van der Waals surface area (Å²) >= 11 is 0. The molecule has 0 spiro atoms. The lowest BCUT2D eigenvalue weighted by Gasteiger charge is -2.41. The van der Waals surface area contributed by atoms with Crippen molar-refractivity contribution in [3.63, 3.8) is 0 Å². The Hall–Kier alpha value is -1.51. The first-order chi connectivity index (χ1) is 11.0. The van der Waals surface area contributed by atoms with E-state index < -0.39 is 15.3 Å². The van der Waals surface area contributed by atoms with E-state index in [0.29, 0.717) is 26.3 Å². The molecule has 1 aromatic heterocycles. The molecule has 0 bridgehead atoms. The van der Waals surface area contributed by atoms with Crippen LogP contribution in [0.3, 0.4) is 0 Å². The van der Waals surface area contributed by atoms with Gasteiger partial charge in [-0.05, 0) is 18.6 Å². The van der Waals surface area contributed by atoms with Crippen molar-refractivity contribution < 1.29 is 17.9 Å². The maximum absolute atomic E-state index is 12.5. The third-order valence-electron chi connectivity index (χ3n) is 4.28. The summed E-state index contributed by atoms with van der Waals surface area (Å²) in [5.74, 6) is -0.0518. The standard InChI is InChI=1S/C15H21N3O4S/c1-12-2-3-13(9-16-12)8-15(19)17-10-14(11-17)23(20,21)18-4-6-22-7-5-18/h2-3,9,14H,4-8,10-11H2,1H3. The minimum atomic E-state index is -3.32. The van der Waals surface area contributed by atoms with Gasteiger partial charge in [-0.25, -0.2) is 8.42 Å². The van der Waals surface area contributed by atoms with E-state index in [1.54, 1.807) is 11.1 Å². The molecule has 3 heterocycles. The van der Waals surface area contributed by atoms with Gasteiger partial charge in [-0.1, -0.05) is 6.07 Å². The van der Waals surface area contributed by atoms with Crippen LogP contribution >= 0.6 is 0 Å². The van der Waals surface area contributed by atoms with Crippen LogP contribution in [-0.4, -0.2) is 73.2 Å². The van der Waals surface area contributed by atoms with Gasteiger partial charge in [0.15, 0.2) is 0 Å². The zero-order valence-corrected chi connectivity index (χ0v) is 14.0. The quantitative estimate of drug-likeness (QED) is 0.759. The lowest BCUT2D eigenvalue weighted by Crippen LogP contribution is -2.61. The highest BCUT2D eigenvalue weighted by Crippen LogP contribution is 2.21. The van der Waals surface area contributed by atoms with Crippen molar-refractivity contribution in [2.24, 2.45) is 0 Å². The number of morpholine rings is 1. The summed E-state index contributed by atoms with van der Waals surface area (Å²) in [6.45, 7) is 4.13. The average Bonchev–Trinajstić information content (AvgIpc) is 2.49. The lowest BCUT2D eigenvalue weighted by molar-refractivity contribution is -0.133. The molecule has 126 valence electrons. The molecule has 3 rings (SSSR count). The molecule has 0 N–H and O–H groups in total. The number of hydrogen-bond acceptors (Lipinski definition) is 5. The molecule has 1 aromatic rings. The molecule has 2 saturated heterocycles. The number of aryl methyl sites for hydroxylation is 1. The Bertz CT molecular complexity index is 662. The predicted octanol–water partition coefficient (Wildman–Crippen LogP) is -0.195. The second-order valence-corrected chi connectivity index (χ2v) is 8.17. The number of likely N-dealkylation sites (tertiary alicyclic amines) is 1. The molecule has 0 aromatic carbocycles. The molecule has 0 unspecified atom stereocenters. The number of carbonyl (C=O) groups is 1. The Kier molecular flexibility index (Phi) is 4.65. The summed E-state index contributed by atoms with van der Waals surface area (Å²) in [4.78, 5) is 18.0. The molecular weight excluding hydrogens is 318 g/mol. The van der Waals surface area contributed by atoms with E-state index in [9.17, 15) is 13.2 Å². The predicted molar refractivity (Wildman–Crippen MR) is 84.4 cm³/mol. The van der Waals surface area contributed by atoms with E-state index in [1.165, 1.54) is 4.31 Å². The van der Waals surface area contributed by atoms with Crippen LogP contribution in [0.1, 0.15) is 11.3 Å². The molecule has 23 heavy (non-hydrogen) atoms. The number of ether oxygens (including phenoxy) is 1. The van der Waals surface area contributed by atoms with Gasteiger partial charge in [0.25, 0.3) is 0 Å². The van der Waals surface area contributed by atoms with Gasteiger partial charge in [-0.3, -0.25) is 9.78 Å². The van der Waals surface area contributed by atoms with Crippen molar-refractivity contribution in [1.82, 2.24) is 14.2 Å². The summed E-state index contributed by atoms with van der Waals surface area (Å²) in [6, 6.07) is 3.74. The zero-order chi connectivity index (χ0) is 16.4. The minimum absolute atomic E-state index is 0.0518. The van der Waals surface area contributed by atoms with E-state index in [0.717, 1.165) is 11.3 Å². The second-order valence-electron chi connectivity index (χ2n) is 5.96. The van der Waals surface area contributed by atoms with Crippen molar-refractivity contribution in [3.05, 3.63) is 29.6 Å². The maximum Gasteiger partial charge on any atom is 0.227 e. The van der Waals surface area contributed by atoms with Crippen LogP contribution in [0, 0.1) is 6.92 Å². The number of carbonyl (C=O) groups excluding carboxylic acids is 1. The number of amides is 1.